The molecule has 0 spiro atoms. The van der Waals surface area contributed by atoms with Crippen LogP contribution >= 0.6 is 0 Å². The molecule has 1 saturated heterocycles. The average molecular weight is 412 g/mol. The van der Waals surface area contributed by atoms with Gasteiger partial charge in [0.25, 0.3) is 0 Å². The number of aliphatic hydroxyl groups is 1. The molecule has 1 aliphatic heterocycles. The van der Waals surface area contributed by atoms with E-state index in [1.165, 1.54) is 38.4 Å². The zero-order valence-electron chi connectivity index (χ0n) is 17.7. The highest BCUT2D eigenvalue weighted by molar-refractivity contribution is 5.83. The molecule has 0 saturated carbocycles. The summed E-state index contributed by atoms with van der Waals surface area (Å²) in [6.45, 7) is 4.67. The molecule has 1 aliphatic rings. The second kappa shape index (κ2) is 9.14. The number of fused-ring (bicyclic) bond motifs is 1. The maximum Gasteiger partial charge on any atom is 0.138 e. The molecule has 1 aromatic heterocycles. The molecule has 2 N–H and O–H groups in total. The Hall–Kier alpha value is -2.44. The highest BCUT2D eigenvalue weighted by Crippen LogP contribution is 2.29. The lowest BCUT2D eigenvalue weighted by atomic mass is 9.93. The minimum Gasteiger partial charge on any atom is -0.494 e. The normalized spacial score (nSPS) is 15.7. The van der Waals surface area contributed by atoms with Gasteiger partial charge in [-0.05, 0) is 94.6 Å². The Kier molecular flexibility index (Phi) is 6.35. The van der Waals surface area contributed by atoms with Crippen LogP contribution in [0.2, 0.25) is 0 Å². The number of aromatic nitrogens is 2. The number of likely N-dealkylation sites (tertiary alicyclic amines) is 1. The number of aryl methyl sites for hydroxylation is 1. The van der Waals surface area contributed by atoms with Crippen molar-refractivity contribution in [1.29, 1.82) is 0 Å². The molecule has 5 nitrogen and oxygen atoms in total. The summed E-state index contributed by atoms with van der Waals surface area (Å²) in [7, 11) is 2.19. The van der Waals surface area contributed by atoms with Crippen LogP contribution in [0.5, 0.6) is 5.75 Å². The van der Waals surface area contributed by atoms with Gasteiger partial charge < -0.3 is 19.7 Å². The summed E-state index contributed by atoms with van der Waals surface area (Å²) in [5.74, 6) is 1.91. The van der Waals surface area contributed by atoms with Crippen molar-refractivity contribution in [1.82, 2.24) is 14.9 Å². The summed E-state index contributed by atoms with van der Waals surface area (Å²) in [5.41, 5.74) is 3.45. The van der Waals surface area contributed by atoms with Crippen molar-refractivity contribution in [2.45, 2.75) is 39.2 Å². The molecule has 0 unspecified atom stereocenters. The molecular formula is C24H30FN3O2. The van der Waals surface area contributed by atoms with Crippen molar-refractivity contribution in [2.75, 3.05) is 26.7 Å². The minimum atomic E-state index is -0.271. The van der Waals surface area contributed by atoms with Crippen molar-refractivity contribution >= 4 is 11.0 Å². The predicted octanol–water partition coefficient (Wildman–Crippen LogP) is 4.67. The van der Waals surface area contributed by atoms with Gasteiger partial charge in [0.15, 0.2) is 0 Å². The standard InChI is InChI=1S/C24H30FN3O2/c1-16-21(25)7-8-22-23(16)27-24(26-22)20-6-5-19(14-18(20)15-29)30-13-3-4-17-9-11-28(2)12-10-17/h5-8,14,17,29H,3-4,9-13,15H2,1-2H3,(H,26,27). The number of aliphatic hydroxyl groups excluding tert-OH is 1. The van der Waals surface area contributed by atoms with Gasteiger partial charge in [-0.2, -0.15) is 0 Å². The van der Waals surface area contributed by atoms with E-state index in [1.807, 2.05) is 18.2 Å². The lowest BCUT2D eigenvalue weighted by molar-refractivity contribution is 0.200. The molecule has 2 heterocycles. The highest BCUT2D eigenvalue weighted by Gasteiger charge is 2.16. The monoisotopic (exact) mass is 411 g/mol. The Morgan fingerprint density at radius 2 is 2.03 bits per heavy atom. The van der Waals surface area contributed by atoms with Crippen molar-refractivity contribution in [2.24, 2.45) is 5.92 Å². The minimum absolute atomic E-state index is 0.119. The Morgan fingerprint density at radius 3 is 2.80 bits per heavy atom. The summed E-state index contributed by atoms with van der Waals surface area (Å²) in [4.78, 5) is 10.2. The van der Waals surface area contributed by atoms with Crippen molar-refractivity contribution in [3.63, 3.8) is 0 Å². The zero-order chi connectivity index (χ0) is 21.1. The van der Waals surface area contributed by atoms with Gasteiger partial charge in [0, 0.05) is 11.1 Å². The third-order valence-corrected chi connectivity index (χ3v) is 6.21. The number of nitrogens with one attached hydrogen (secondary N) is 1. The van der Waals surface area contributed by atoms with Gasteiger partial charge in [-0.1, -0.05) is 0 Å². The van der Waals surface area contributed by atoms with Crippen LogP contribution in [0.3, 0.4) is 0 Å². The maximum absolute atomic E-state index is 13.8. The summed E-state index contributed by atoms with van der Waals surface area (Å²) in [6.07, 6.45) is 4.80. The number of ether oxygens (including phenoxy) is 1. The van der Waals surface area contributed by atoms with Crippen molar-refractivity contribution in [3.05, 3.63) is 47.3 Å². The molecule has 2 aromatic carbocycles. The number of benzene rings is 2. The lowest BCUT2D eigenvalue weighted by Gasteiger charge is -2.28. The average Bonchev–Trinajstić information content (AvgIpc) is 3.20. The summed E-state index contributed by atoms with van der Waals surface area (Å²) in [6, 6.07) is 8.81. The van der Waals surface area contributed by atoms with Gasteiger partial charge in [0.05, 0.1) is 24.2 Å². The number of H-pyrrole nitrogens is 1. The number of piperidine rings is 1. The van der Waals surface area contributed by atoms with E-state index >= 15 is 0 Å². The molecule has 0 aliphatic carbocycles. The quantitative estimate of drug-likeness (QED) is 0.555. The van der Waals surface area contributed by atoms with E-state index < -0.39 is 0 Å². The summed E-state index contributed by atoms with van der Waals surface area (Å²) in [5, 5.41) is 9.88. The molecule has 0 bridgehead atoms. The fraction of sp³-hybridized carbons (Fsp3) is 0.458. The highest BCUT2D eigenvalue weighted by atomic mass is 19.1. The van der Waals surface area contributed by atoms with Gasteiger partial charge in [-0.25, -0.2) is 9.37 Å². The second-order valence-corrected chi connectivity index (χ2v) is 8.37. The molecule has 6 heteroatoms. The molecule has 1 fully saturated rings. The van der Waals surface area contributed by atoms with Crippen LogP contribution in [-0.4, -0.2) is 46.7 Å². The third kappa shape index (κ3) is 4.50. The van der Waals surface area contributed by atoms with E-state index in [1.54, 1.807) is 13.0 Å². The van der Waals surface area contributed by atoms with Crippen molar-refractivity contribution in [3.8, 4) is 17.1 Å². The van der Waals surface area contributed by atoms with E-state index in [2.05, 4.69) is 21.9 Å². The first-order valence-electron chi connectivity index (χ1n) is 10.8. The molecule has 4 rings (SSSR count). The first-order chi connectivity index (χ1) is 14.5. The van der Waals surface area contributed by atoms with Crippen LogP contribution < -0.4 is 4.74 Å². The van der Waals surface area contributed by atoms with Crippen LogP contribution in [0, 0.1) is 18.7 Å². The smallest absolute Gasteiger partial charge is 0.138 e. The molecule has 30 heavy (non-hydrogen) atoms. The largest absolute Gasteiger partial charge is 0.494 e. The van der Waals surface area contributed by atoms with Gasteiger partial charge >= 0.3 is 0 Å². The number of nitrogens with zero attached hydrogens (tertiary/aromatic N) is 2. The van der Waals surface area contributed by atoms with E-state index in [-0.39, 0.29) is 12.4 Å². The Labute approximate surface area is 176 Å². The fourth-order valence-corrected chi connectivity index (χ4v) is 4.25. The van der Waals surface area contributed by atoms with Gasteiger partial charge in [-0.3, -0.25) is 0 Å². The predicted molar refractivity (Wildman–Crippen MR) is 117 cm³/mol. The van der Waals surface area contributed by atoms with E-state index in [4.69, 9.17) is 4.74 Å². The number of hydrogen-bond donors (Lipinski definition) is 2. The van der Waals surface area contributed by atoms with Crippen LogP contribution in [0.25, 0.3) is 22.4 Å². The summed E-state index contributed by atoms with van der Waals surface area (Å²) >= 11 is 0. The first kappa shape index (κ1) is 20.8. The molecule has 160 valence electrons. The van der Waals surface area contributed by atoms with Crippen LogP contribution in [0.1, 0.15) is 36.8 Å². The topological polar surface area (TPSA) is 61.4 Å². The van der Waals surface area contributed by atoms with E-state index in [0.29, 0.717) is 23.5 Å². The Morgan fingerprint density at radius 1 is 1.23 bits per heavy atom. The number of halogens is 1. The number of rotatable bonds is 7. The molecular weight excluding hydrogens is 381 g/mol. The molecule has 0 amide bonds. The molecule has 3 aromatic rings. The van der Waals surface area contributed by atoms with Gasteiger partial charge in [0.1, 0.15) is 17.4 Å². The number of imidazole rings is 1. The van der Waals surface area contributed by atoms with Crippen LogP contribution in [-0.2, 0) is 6.61 Å². The van der Waals surface area contributed by atoms with Crippen LogP contribution in [0.4, 0.5) is 4.39 Å². The first-order valence-corrected chi connectivity index (χ1v) is 10.8. The second-order valence-electron chi connectivity index (χ2n) is 8.37. The van der Waals surface area contributed by atoms with E-state index in [9.17, 15) is 9.50 Å². The molecule has 0 atom stereocenters. The SMILES string of the molecule is Cc1c(F)ccc2[nH]c(-c3ccc(OCCCC4CCN(C)CC4)cc3CO)nc12. The molecule has 0 radical (unpaired) electrons. The van der Waals surface area contributed by atoms with Crippen LogP contribution in [0.15, 0.2) is 30.3 Å². The fourth-order valence-electron chi connectivity index (χ4n) is 4.25. The third-order valence-electron chi connectivity index (χ3n) is 6.21. The Bertz CT molecular complexity index is 1010. The summed E-state index contributed by atoms with van der Waals surface area (Å²) < 4.78 is 19.8. The van der Waals surface area contributed by atoms with Gasteiger partial charge in [-0.15, -0.1) is 0 Å². The lowest BCUT2D eigenvalue weighted by Crippen LogP contribution is -2.30. The van der Waals surface area contributed by atoms with Gasteiger partial charge in [0.2, 0.25) is 0 Å². The van der Waals surface area contributed by atoms with E-state index in [0.717, 1.165) is 34.7 Å². The number of aromatic amines is 1. The number of hydrogen-bond acceptors (Lipinski definition) is 4. The zero-order valence-corrected chi connectivity index (χ0v) is 17.7. The Balaban J connectivity index is 1.41. The maximum atomic E-state index is 13.8. The van der Waals surface area contributed by atoms with Crippen molar-refractivity contribution < 1.29 is 14.2 Å².